The van der Waals surface area contributed by atoms with Crippen molar-refractivity contribution in [2.45, 2.75) is 5.16 Å². The Morgan fingerprint density at radius 2 is 2.17 bits per heavy atom. The van der Waals surface area contributed by atoms with Gasteiger partial charge in [0.25, 0.3) is 0 Å². The minimum absolute atomic E-state index is 0.0780. The van der Waals surface area contributed by atoms with E-state index in [-0.39, 0.29) is 5.75 Å². The molecule has 23 heavy (non-hydrogen) atoms. The van der Waals surface area contributed by atoms with Crippen molar-refractivity contribution in [2.24, 2.45) is 0 Å². The quantitative estimate of drug-likeness (QED) is 0.516. The number of nitrogens with zero attached hydrogens (tertiary/aromatic N) is 1. The molecule has 0 bridgehead atoms. The summed E-state index contributed by atoms with van der Waals surface area (Å²) in [4.78, 5) is 30.5. The number of imide groups is 1. The molecule has 9 heteroatoms. The van der Waals surface area contributed by atoms with Crippen molar-refractivity contribution in [3.8, 4) is 5.75 Å². The van der Waals surface area contributed by atoms with Crippen molar-refractivity contribution in [3.05, 3.63) is 18.2 Å². The summed E-state index contributed by atoms with van der Waals surface area (Å²) in [5.41, 5.74) is 1.61. The van der Waals surface area contributed by atoms with Gasteiger partial charge in [0.2, 0.25) is 5.91 Å². The van der Waals surface area contributed by atoms with Crippen molar-refractivity contribution < 1.29 is 19.1 Å². The van der Waals surface area contributed by atoms with Crippen molar-refractivity contribution in [1.82, 2.24) is 20.6 Å². The van der Waals surface area contributed by atoms with Crippen molar-refractivity contribution >= 4 is 34.7 Å². The number of hydrogen-bond donors (Lipinski definition) is 3. The molecule has 0 aliphatic heterocycles. The predicted octanol–water partition coefficient (Wildman–Crippen LogP) is 1.14. The van der Waals surface area contributed by atoms with Crippen LogP contribution in [0.15, 0.2) is 23.4 Å². The van der Waals surface area contributed by atoms with Crippen LogP contribution < -0.4 is 15.4 Å². The maximum Gasteiger partial charge on any atom is 0.321 e. The summed E-state index contributed by atoms with van der Waals surface area (Å²) < 4.78 is 9.94. The normalized spacial score (nSPS) is 10.5. The van der Waals surface area contributed by atoms with Crippen LogP contribution in [0.5, 0.6) is 5.75 Å². The third-order valence-electron chi connectivity index (χ3n) is 2.85. The van der Waals surface area contributed by atoms with E-state index < -0.39 is 11.9 Å². The Bertz CT molecular complexity index is 688. The first kappa shape index (κ1) is 17.1. The Hall–Kier alpha value is -2.26. The van der Waals surface area contributed by atoms with Gasteiger partial charge in [-0.25, -0.2) is 9.78 Å². The molecule has 3 amide bonds. The number of amides is 3. The number of carbonyl (C=O) groups is 2. The second kappa shape index (κ2) is 8.39. The zero-order valence-corrected chi connectivity index (χ0v) is 13.7. The molecule has 0 aliphatic carbocycles. The fraction of sp³-hybridized carbons (Fsp3) is 0.357. The van der Waals surface area contributed by atoms with Crippen molar-refractivity contribution in [3.63, 3.8) is 0 Å². The van der Waals surface area contributed by atoms with Crippen molar-refractivity contribution in [2.75, 3.05) is 33.1 Å². The Kier molecular flexibility index (Phi) is 6.24. The molecule has 0 unspecified atom stereocenters. The van der Waals surface area contributed by atoms with E-state index in [0.717, 1.165) is 16.8 Å². The minimum Gasteiger partial charge on any atom is -0.497 e. The third-order valence-corrected chi connectivity index (χ3v) is 3.73. The van der Waals surface area contributed by atoms with Crippen LogP contribution in [0.2, 0.25) is 0 Å². The van der Waals surface area contributed by atoms with Gasteiger partial charge in [-0.2, -0.15) is 0 Å². The van der Waals surface area contributed by atoms with Crippen LogP contribution in [0.3, 0.4) is 0 Å². The Balaban J connectivity index is 1.83. The van der Waals surface area contributed by atoms with E-state index in [9.17, 15) is 9.59 Å². The Morgan fingerprint density at radius 3 is 2.91 bits per heavy atom. The number of nitrogens with one attached hydrogen (secondary N) is 3. The molecule has 0 saturated carbocycles. The van der Waals surface area contributed by atoms with Gasteiger partial charge in [0.1, 0.15) is 5.75 Å². The molecule has 8 nitrogen and oxygen atoms in total. The first-order valence-electron chi connectivity index (χ1n) is 6.85. The summed E-state index contributed by atoms with van der Waals surface area (Å²) in [6.45, 7) is 0.729. The Morgan fingerprint density at radius 1 is 1.35 bits per heavy atom. The van der Waals surface area contributed by atoms with E-state index in [1.54, 1.807) is 7.11 Å². The van der Waals surface area contributed by atoms with E-state index in [4.69, 9.17) is 9.47 Å². The SMILES string of the molecule is COCCNC(=O)NC(=O)CSc1nc2ccc(OC)cc2[nH]1. The molecule has 3 N–H and O–H groups in total. The number of fused-ring (bicyclic) bond motifs is 1. The number of aromatic nitrogens is 2. The monoisotopic (exact) mass is 338 g/mol. The zero-order chi connectivity index (χ0) is 16.7. The number of hydrogen-bond acceptors (Lipinski definition) is 6. The van der Waals surface area contributed by atoms with Gasteiger partial charge in [0.05, 0.1) is 30.5 Å². The molecule has 0 atom stereocenters. The first-order chi connectivity index (χ1) is 11.1. The third kappa shape index (κ3) is 5.15. The molecule has 0 aliphatic rings. The van der Waals surface area contributed by atoms with Crippen LogP contribution in [0, 0.1) is 0 Å². The second-order valence-electron chi connectivity index (χ2n) is 4.51. The minimum atomic E-state index is -0.540. The van der Waals surface area contributed by atoms with Crippen molar-refractivity contribution in [1.29, 1.82) is 0 Å². The summed E-state index contributed by atoms with van der Waals surface area (Å²) in [5.74, 6) is 0.403. The number of thioether (sulfide) groups is 1. The summed E-state index contributed by atoms with van der Waals surface area (Å²) in [7, 11) is 3.12. The first-order valence-corrected chi connectivity index (χ1v) is 7.84. The van der Waals surface area contributed by atoms with Gasteiger partial charge in [-0.05, 0) is 12.1 Å². The highest BCUT2D eigenvalue weighted by atomic mass is 32.2. The summed E-state index contributed by atoms with van der Waals surface area (Å²) in [6.07, 6.45) is 0. The highest BCUT2D eigenvalue weighted by Gasteiger charge is 2.10. The smallest absolute Gasteiger partial charge is 0.321 e. The van der Waals surface area contributed by atoms with Gasteiger partial charge >= 0.3 is 6.03 Å². The highest BCUT2D eigenvalue weighted by Crippen LogP contribution is 2.22. The number of urea groups is 1. The molecular formula is C14H18N4O4S. The van der Waals surface area contributed by atoms with Gasteiger partial charge in [0.15, 0.2) is 5.16 Å². The molecule has 1 heterocycles. The van der Waals surface area contributed by atoms with Gasteiger partial charge in [-0.1, -0.05) is 11.8 Å². The number of benzene rings is 1. The number of imidazole rings is 1. The molecule has 0 spiro atoms. The topological polar surface area (TPSA) is 105 Å². The average Bonchev–Trinajstić information content (AvgIpc) is 2.95. The standard InChI is InChI=1S/C14H18N4O4S/c1-21-6-5-15-13(20)18-12(19)8-23-14-16-10-4-3-9(22-2)7-11(10)17-14/h3-4,7H,5-6,8H2,1-2H3,(H,16,17)(H2,15,18,19,20). The van der Waals surface area contributed by atoms with Gasteiger partial charge in [-0.3, -0.25) is 10.1 Å². The lowest BCUT2D eigenvalue weighted by Gasteiger charge is -2.05. The average molecular weight is 338 g/mol. The lowest BCUT2D eigenvalue weighted by atomic mass is 10.3. The highest BCUT2D eigenvalue weighted by molar-refractivity contribution is 7.99. The lowest BCUT2D eigenvalue weighted by Crippen LogP contribution is -2.41. The molecule has 0 radical (unpaired) electrons. The van der Waals surface area contributed by atoms with Crippen LogP contribution in [0.1, 0.15) is 0 Å². The van der Waals surface area contributed by atoms with E-state index >= 15 is 0 Å². The number of aromatic amines is 1. The van der Waals surface area contributed by atoms with Gasteiger partial charge < -0.3 is 19.8 Å². The summed E-state index contributed by atoms with van der Waals surface area (Å²) >= 11 is 1.21. The maximum atomic E-state index is 11.7. The molecule has 0 fully saturated rings. The molecule has 2 rings (SSSR count). The van der Waals surface area contributed by atoms with Crippen LogP contribution in [-0.2, 0) is 9.53 Å². The lowest BCUT2D eigenvalue weighted by molar-refractivity contribution is -0.117. The molecule has 124 valence electrons. The van der Waals surface area contributed by atoms with E-state index in [0.29, 0.717) is 18.3 Å². The van der Waals surface area contributed by atoms with Gasteiger partial charge in [-0.15, -0.1) is 0 Å². The molecule has 1 aromatic heterocycles. The largest absolute Gasteiger partial charge is 0.497 e. The fourth-order valence-corrected chi connectivity index (χ4v) is 2.45. The van der Waals surface area contributed by atoms with Gasteiger partial charge in [0, 0.05) is 19.7 Å². The predicted molar refractivity (Wildman–Crippen MR) is 86.8 cm³/mol. The number of carbonyl (C=O) groups excluding carboxylic acids is 2. The number of rotatable bonds is 7. The van der Waals surface area contributed by atoms with Crippen LogP contribution in [0.4, 0.5) is 4.79 Å². The van der Waals surface area contributed by atoms with E-state index in [2.05, 4.69) is 20.6 Å². The Labute approximate surface area is 137 Å². The molecule has 1 aromatic carbocycles. The molecule has 2 aromatic rings. The molecular weight excluding hydrogens is 320 g/mol. The number of methoxy groups -OCH3 is 2. The summed E-state index contributed by atoms with van der Waals surface area (Å²) in [5, 5.41) is 5.34. The molecule has 0 saturated heterocycles. The zero-order valence-electron chi connectivity index (χ0n) is 12.8. The fourth-order valence-electron chi connectivity index (χ4n) is 1.77. The number of ether oxygens (including phenoxy) is 2. The number of H-pyrrole nitrogens is 1. The van der Waals surface area contributed by atoms with Crippen LogP contribution in [0.25, 0.3) is 11.0 Å². The van der Waals surface area contributed by atoms with Crippen LogP contribution >= 0.6 is 11.8 Å². The van der Waals surface area contributed by atoms with Crippen LogP contribution in [-0.4, -0.2) is 55.0 Å². The van der Waals surface area contributed by atoms with E-state index in [1.807, 2.05) is 18.2 Å². The van der Waals surface area contributed by atoms with E-state index in [1.165, 1.54) is 18.9 Å². The second-order valence-corrected chi connectivity index (χ2v) is 5.47. The summed E-state index contributed by atoms with van der Waals surface area (Å²) in [6, 6.07) is 4.93. The maximum absolute atomic E-state index is 11.7.